The van der Waals surface area contributed by atoms with Gasteiger partial charge in [-0.25, -0.2) is 12.7 Å². The van der Waals surface area contributed by atoms with E-state index >= 15 is 0 Å². The lowest BCUT2D eigenvalue weighted by Gasteiger charge is -2.30. The number of pyridine rings is 1. The smallest absolute Gasteiger partial charge is 0.224 e. The van der Waals surface area contributed by atoms with E-state index in [0.717, 1.165) is 18.4 Å². The number of nitrogens with zero attached hydrogens (tertiary/aromatic N) is 2. The minimum absolute atomic E-state index is 0.0901. The summed E-state index contributed by atoms with van der Waals surface area (Å²) >= 11 is 0. The van der Waals surface area contributed by atoms with Crippen molar-refractivity contribution in [3.05, 3.63) is 30.1 Å². The molecule has 2 rings (SSSR count). The molecule has 0 spiro atoms. The van der Waals surface area contributed by atoms with Crippen LogP contribution in [0.4, 0.5) is 0 Å². The van der Waals surface area contributed by atoms with Crippen LogP contribution >= 0.6 is 0 Å². The molecule has 1 aliphatic heterocycles. The molecular formula is C14H21N3O3S. The van der Waals surface area contributed by atoms with Gasteiger partial charge < -0.3 is 5.32 Å². The second-order valence-electron chi connectivity index (χ2n) is 5.47. The van der Waals surface area contributed by atoms with Gasteiger partial charge in [0.05, 0.1) is 18.2 Å². The highest BCUT2D eigenvalue weighted by atomic mass is 32.2. The largest absolute Gasteiger partial charge is 0.349 e. The summed E-state index contributed by atoms with van der Waals surface area (Å²) in [5.41, 5.74) is 0.981. The minimum Gasteiger partial charge on any atom is -0.349 e. The van der Waals surface area contributed by atoms with Crippen molar-refractivity contribution in [2.24, 2.45) is 5.92 Å². The molecule has 1 aliphatic rings. The van der Waals surface area contributed by atoms with Crippen LogP contribution in [-0.2, 0) is 14.8 Å². The Balaban J connectivity index is 1.97. The molecule has 1 aromatic rings. The predicted molar refractivity (Wildman–Crippen MR) is 79.9 cm³/mol. The first-order chi connectivity index (χ1) is 9.88. The molecule has 0 bridgehead atoms. The van der Waals surface area contributed by atoms with Crippen LogP contribution in [0.2, 0.25) is 0 Å². The summed E-state index contributed by atoms with van der Waals surface area (Å²) in [5, 5.41) is 2.95. The van der Waals surface area contributed by atoms with E-state index in [-0.39, 0.29) is 24.4 Å². The van der Waals surface area contributed by atoms with Crippen LogP contribution in [0.1, 0.15) is 31.4 Å². The predicted octanol–water partition coefficient (Wildman–Crippen LogP) is 0.930. The zero-order valence-electron chi connectivity index (χ0n) is 12.3. The fourth-order valence-electron chi connectivity index (χ4n) is 2.52. The average Bonchev–Trinajstić information content (AvgIpc) is 2.47. The van der Waals surface area contributed by atoms with Gasteiger partial charge in [0, 0.05) is 25.5 Å². The van der Waals surface area contributed by atoms with Gasteiger partial charge in [0.15, 0.2) is 0 Å². The zero-order chi connectivity index (χ0) is 15.5. The van der Waals surface area contributed by atoms with Crippen molar-refractivity contribution in [1.29, 1.82) is 0 Å². The Hall–Kier alpha value is -1.47. The first-order valence-corrected chi connectivity index (χ1v) is 8.88. The molecule has 2 atom stereocenters. The van der Waals surface area contributed by atoms with Gasteiger partial charge in [-0.1, -0.05) is 0 Å². The number of carbonyl (C=O) groups is 1. The van der Waals surface area contributed by atoms with Crippen LogP contribution in [0, 0.1) is 5.92 Å². The van der Waals surface area contributed by atoms with Crippen LogP contribution in [0.5, 0.6) is 0 Å². The van der Waals surface area contributed by atoms with Crippen LogP contribution < -0.4 is 5.32 Å². The van der Waals surface area contributed by atoms with Crippen molar-refractivity contribution < 1.29 is 13.2 Å². The quantitative estimate of drug-likeness (QED) is 0.897. The van der Waals surface area contributed by atoms with E-state index in [1.54, 1.807) is 12.4 Å². The third kappa shape index (κ3) is 4.25. The van der Waals surface area contributed by atoms with Crippen molar-refractivity contribution in [3.8, 4) is 0 Å². The van der Waals surface area contributed by atoms with Gasteiger partial charge in [-0.3, -0.25) is 9.78 Å². The molecule has 1 N–H and O–H groups in total. The van der Waals surface area contributed by atoms with Crippen LogP contribution in [0.15, 0.2) is 24.5 Å². The fourth-order valence-corrected chi connectivity index (χ4v) is 3.44. The molecule has 1 amide bonds. The number of piperidine rings is 1. The maximum atomic E-state index is 12.3. The Morgan fingerprint density at radius 3 is 2.71 bits per heavy atom. The highest BCUT2D eigenvalue weighted by molar-refractivity contribution is 7.88. The topological polar surface area (TPSA) is 79.4 Å². The SMILES string of the molecule is C[C@H](NC(=O)[C@H]1CCCN(S(C)(=O)=O)C1)c1ccncc1. The summed E-state index contributed by atoms with van der Waals surface area (Å²) in [6.45, 7) is 2.68. The van der Waals surface area contributed by atoms with Gasteiger partial charge in [-0.2, -0.15) is 0 Å². The third-order valence-electron chi connectivity index (χ3n) is 3.79. The molecule has 21 heavy (non-hydrogen) atoms. The second kappa shape index (κ2) is 6.53. The molecule has 1 aromatic heterocycles. The van der Waals surface area contributed by atoms with Crippen LogP contribution in [0.25, 0.3) is 0 Å². The molecule has 6 nitrogen and oxygen atoms in total. The van der Waals surface area contributed by atoms with Gasteiger partial charge in [0.1, 0.15) is 0 Å². The number of sulfonamides is 1. The van der Waals surface area contributed by atoms with E-state index < -0.39 is 10.0 Å². The summed E-state index contributed by atoms with van der Waals surface area (Å²) < 4.78 is 24.6. The molecule has 2 heterocycles. The summed E-state index contributed by atoms with van der Waals surface area (Å²) in [4.78, 5) is 16.3. The van der Waals surface area contributed by atoms with E-state index in [4.69, 9.17) is 0 Å². The number of hydrogen-bond acceptors (Lipinski definition) is 4. The molecule has 7 heteroatoms. The normalized spacial score (nSPS) is 21.7. The van der Waals surface area contributed by atoms with Gasteiger partial charge in [-0.05, 0) is 37.5 Å². The Kier molecular flexibility index (Phi) is 4.95. The Labute approximate surface area is 125 Å². The van der Waals surface area contributed by atoms with Crippen molar-refractivity contribution in [3.63, 3.8) is 0 Å². The van der Waals surface area contributed by atoms with E-state index in [1.807, 2.05) is 19.1 Å². The monoisotopic (exact) mass is 311 g/mol. The van der Waals surface area contributed by atoms with Gasteiger partial charge in [0.2, 0.25) is 15.9 Å². The Morgan fingerprint density at radius 1 is 1.43 bits per heavy atom. The number of amides is 1. The lowest BCUT2D eigenvalue weighted by Crippen LogP contribution is -2.45. The van der Waals surface area contributed by atoms with Gasteiger partial charge in [-0.15, -0.1) is 0 Å². The van der Waals surface area contributed by atoms with Gasteiger partial charge >= 0.3 is 0 Å². The third-order valence-corrected chi connectivity index (χ3v) is 5.06. The Morgan fingerprint density at radius 2 is 2.10 bits per heavy atom. The van der Waals surface area contributed by atoms with E-state index in [1.165, 1.54) is 10.6 Å². The minimum atomic E-state index is -3.23. The number of aromatic nitrogens is 1. The molecule has 0 unspecified atom stereocenters. The maximum absolute atomic E-state index is 12.3. The summed E-state index contributed by atoms with van der Waals surface area (Å²) in [6, 6.07) is 3.59. The Bertz CT molecular complexity index is 589. The van der Waals surface area contributed by atoms with Crippen molar-refractivity contribution >= 4 is 15.9 Å². The van der Waals surface area contributed by atoms with Crippen molar-refractivity contribution in [2.45, 2.75) is 25.8 Å². The van der Waals surface area contributed by atoms with E-state index in [0.29, 0.717) is 6.54 Å². The standard InChI is InChI=1S/C14H21N3O3S/c1-11(12-5-7-15-8-6-12)16-14(18)13-4-3-9-17(10-13)21(2,19)20/h5-8,11,13H,3-4,9-10H2,1-2H3,(H,16,18)/t11-,13-/m0/s1. The second-order valence-corrected chi connectivity index (χ2v) is 7.45. The molecule has 1 fully saturated rings. The first-order valence-electron chi connectivity index (χ1n) is 7.03. The molecule has 0 radical (unpaired) electrons. The number of nitrogens with one attached hydrogen (secondary N) is 1. The summed E-state index contributed by atoms with van der Waals surface area (Å²) in [6.07, 6.45) is 6.00. The fraction of sp³-hybridized carbons (Fsp3) is 0.571. The summed E-state index contributed by atoms with van der Waals surface area (Å²) in [5.74, 6) is -0.370. The first kappa shape index (κ1) is 15.9. The van der Waals surface area contributed by atoms with Crippen molar-refractivity contribution in [1.82, 2.24) is 14.6 Å². The highest BCUT2D eigenvalue weighted by Gasteiger charge is 2.30. The number of carbonyl (C=O) groups excluding carboxylic acids is 1. The zero-order valence-corrected chi connectivity index (χ0v) is 13.1. The van der Waals surface area contributed by atoms with Crippen LogP contribution in [-0.4, -0.2) is 43.0 Å². The molecule has 0 aromatic carbocycles. The molecule has 0 saturated carbocycles. The number of rotatable bonds is 4. The molecule has 1 saturated heterocycles. The summed E-state index contributed by atoms with van der Waals surface area (Å²) in [7, 11) is -3.23. The molecular weight excluding hydrogens is 290 g/mol. The van der Waals surface area contributed by atoms with Gasteiger partial charge in [0.25, 0.3) is 0 Å². The highest BCUT2D eigenvalue weighted by Crippen LogP contribution is 2.20. The molecule has 0 aliphatic carbocycles. The lowest BCUT2D eigenvalue weighted by molar-refractivity contribution is -0.126. The van der Waals surface area contributed by atoms with Crippen LogP contribution in [0.3, 0.4) is 0 Å². The van der Waals surface area contributed by atoms with Crippen molar-refractivity contribution in [2.75, 3.05) is 19.3 Å². The maximum Gasteiger partial charge on any atom is 0.224 e. The average molecular weight is 311 g/mol. The van der Waals surface area contributed by atoms with E-state index in [9.17, 15) is 13.2 Å². The lowest BCUT2D eigenvalue weighted by atomic mass is 9.98. The molecule has 116 valence electrons. The van der Waals surface area contributed by atoms with E-state index in [2.05, 4.69) is 10.3 Å². The number of hydrogen-bond donors (Lipinski definition) is 1.